The normalized spacial score (nSPS) is 6.92. The summed E-state index contributed by atoms with van der Waals surface area (Å²) in [6.07, 6.45) is 0. The molecular formula is C6H7NNa2O2S2+2. The van der Waals surface area contributed by atoms with E-state index in [1.807, 2.05) is 0 Å². The van der Waals surface area contributed by atoms with Gasteiger partial charge < -0.3 is 4.74 Å². The molecule has 0 unspecified atom stereocenters. The summed E-state index contributed by atoms with van der Waals surface area (Å²) in [6, 6.07) is 1.64. The molecule has 0 atom stereocenters. The fourth-order valence-corrected chi connectivity index (χ4v) is 0.673. The van der Waals surface area contributed by atoms with Gasteiger partial charge >= 0.3 is 65.1 Å². The summed E-state index contributed by atoms with van der Waals surface area (Å²) in [5.74, 6) is -0.685. The van der Waals surface area contributed by atoms with E-state index in [-0.39, 0.29) is 75.5 Å². The Morgan fingerprint density at radius 3 is 2.15 bits per heavy atom. The monoisotopic (exact) mass is 235 g/mol. The third-order valence-corrected chi connectivity index (χ3v) is 1.26. The molecule has 0 heterocycles. The topological polar surface area (TPSA) is 50.1 Å². The fraction of sp³-hybridized carbons (Fsp3) is 0.333. The van der Waals surface area contributed by atoms with Crippen LogP contribution in [0.2, 0.25) is 0 Å². The average Bonchev–Trinajstić information content (AvgIpc) is 1.88. The number of carbonyl (C=O) groups is 1. The third-order valence-electron chi connectivity index (χ3n) is 0.815. The number of ether oxygens (including phenoxy) is 1. The van der Waals surface area contributed by atoms with Crippen LogP contribution >= 0.6 is 25.3 Å². The minimum Gasteiger partial charge on any atom is -0.462 e. The standard InChI is InChI=1S/C6H7NO2S2.2Na/c1-2-9-5(8)4(3-7)6(10)11;;/h10-11H,2H2,1H3;;/q;2*+1. The zero-order valence-corrected chi connectivity index (χ0v) is 13.7. The first kappa shape index (κ1) is 19.9. The van der Waals surface area contributed by atoms with E-state index < -0.39 is 5.97 Å². The third kappa shape index (κ3) is 8.40. The van der Waals surface area contributed by atoms with E-state index in [1.165, 1.54) is 0 Å². The van der Waals surface area contributed by atoms with Gasteiger partial charge in [0.2, 0.25) is 0 Å². The van der Waals surface area contributed by atoms with E-state index in [4.69, 9.17) is 5.26 Å². The molecule has 60 valence electrons. The van der Waals surface area contributed by atoms with Crippen LogP contribution in [0.1, 0.15) is 6.92 Å². The molecule has 0 bridgehead atoms. The second kappa shape index (κ2) is 11.5. The molecule has 0 spiro atoms. The fourth-order valence-electron chi connectivity index (χ4n) is 0.390. The molecule has 0 radical (unpaired) electrons. The number of rotatable bonds is 2. The molecule has 0 N–H and O–H groups in total. The molecule has 13 heavy (non-hydrogen) atoms. The van der Waals surface area contributed by atoms with Crippen LogP contribution in [0.3, 0.4) is 0 Å². The first-order chi connectivity index (χ1) is 5.13. The van der Waals surface area contributed by atoms with Gasteiger partial charge in [0, 0.05) is 0 Å². The number of hydrogen-bond acceptors (Lipinski definition) is 5. The van der Waals surface area contributed by atoms with Gasteiger partial charge in [-0.05, 0) is 6.92 Å². The smallest absolute Gasteiger partial charge is 0.462 e. The van der Waals surface area contributed by atoms with E-state index in [9.17, 15) is 4.79 Å². The van der Waals surface area contributed by atoms with Crippen LogP contribution in [0.25, 0.3) is 0 Å². The van der Waals surface area contributed by atoms with Crippen LogP contribution in [0, 0.1) is 11.3 Å². The molecule has 0 fully saturated rings. The van der Waals surface area contributed by atoms with Crippen LogP contribution in [0.5, 0.6) is 0 Å². The molecule has 0 saturated heterocycles. The summed E-state index contributed by atoms with van der Waals surface area (Å²) < 4.78 is 4.61. The molecular weight excluding hydrogens is 228 g/mol. The summed E-state index contributed by atoms with van der Waals surface area (Å²) >= 11 is 7.45. The van der Waals surface area contributed by atoms with Crippen LogP contribution in [-0.2, 0) is 9.53 Å². The van der Waals surface area contributed by atoms with E-state index in [0.717, 1.165) is 0 Å². The van der Waals surface area contributed by atoms with Crippen molar-refractivity contribution in [3.05, 3.63) is 9.81 Å². The Hall–Kier alpha value is 1.40. The number of carbonyl (C=O) groups excluding carboxylic acids is 1. The van der Waals surface area contributed by atoms with Crippen LogP contribution in [-0.4, -0.2) is 12.6 Å². The molecule has 0 aliphatic carbocycles. The predicted octanol–water partition coefficient (Wildman–Crippen LogP) is -4.85. The van der Waals surface area contributed by atoms with Gasteiger partial charge in [-0.2, -0.15) is 5.26 Å². The molecule has 0 aromatic heterocycles. The Balaban J connectivity index is -0.000000500. The summed E-state index contributed by atoms with van der Waals surface area (Å²) in [5, 5.41) is 8.39. The Kier molecular flexibility index (Phi) is 17.6. The van der Waals surface area contributed by atoms with Crippen molar-refractivity contribution < 1.29 is 68.6 Å². The van der Waals surface area contributed by atoms with Crippen molar-refractivity contribution in [3.8, 4) is 6.07 Å². The van der Waals surface area contributed by atoms with Crippen molar-refractivity contribution in [2.75, 3.05) is 6.61 Å². The zero-order valence-electron chi connectivity index (χ0n) is 7.87. The number of hydrogen-bond donors (Lipinski definition) is 2. The van der Waals surface area contributed by atoms with Gasteiger partial charge in [0.15, 0.2) is 5.57 Å². The minimum absolute atomic E-state index is 0. The maximum absolute atomic E-state index is 10.8. The Labute approximate surface area is 133 Å². The molecule has 3 nitrogen and oxygen atoms in total. The van der Waals surface area contributed by atoms with Crippen molar-refractivity contribution in [2.45, 2.75) is 6.92 Å². The second-order valence-corrected chi connectivity index (χ2v) is 2.78. The molecule has 7 heteroatoms. The van der Waals surface area contributed by atoms with Crippen LogP contribution in [0.4, 0.5) is 0 Å². The Morgan fingerprint density at radius 1 is 1.46 bits per heavy atom. The first-order valence-electron chi connectivity index (χ1n) is 2.82. The van der Waals surface area contributed by atoms with Gasteiger partial charge in [0.25, 0.3) is 0 Å². The molecule has 0 amide bonds. The van der Waals surface area contributed by atoms with Gasteiger partial charge in [-0.1, -0.05) is 0 Å². The SMILES string of the molecule is CCOC(=O)C(C#N)=C(S)S.[Na+].[Na+]. The van der Waals surface area contributed by atoms with Gasteiger partial charge in [0.1, 0.15) is 6.07 Å². The van der Waals surface area contributed by atoms with Crippen molar-refractivity contribution in [3.63, 3.8) is 0 Å². The zero-order chi connectivity index (χ0) is 8.85. The minimum atomic E-state index is -0.685. The maximum Gasteiger partial charge on any atom is 1.00 e. The van der Waals surface area contributed by atoms with Crippen molar-refractivity contribution in [2.24, 2.45) is 0 Å². The molecule has 0 rings (SSSR count). The average molecular weight is 235 g/mol. The second-order valence-electron chi connectivity index (χ2n) is 1.53. The molecule has 0 aliphatic rings. The summed E-state index contributed by atoms with van der Waals surface area (Å²) in [6.45, 7) is 1.89. The summed E-state index contributed by atoms with van der Waals surface area (Å²) in [4.78, 5) is 10.8. The summed E-state index contributed by atoms with van der Waals surface area (Å²) in [7, 11) is 0. The van der Waals surface area contributed by atoms with E-state index in [0.29, 0.717) is 0 Å². The van der Waals surface area contributed by atoms with E-state index in [2.05, 4.69) is 30.0 Å². The van der Waals surface area contributed by atoms with Crippen molar-refractivity contribution in [1.82, 2.24) is 0 Å². The van der Waals surface area contributed by atoms with E-state index in [1.54, 1.807) is 13.0 Å². The Morgan fingerprint density at radius 2 is 1.92 bits per heavy atom. The van der Waals surface area contributed by atoms with Crippen molar-refractivity contribution in [1.29, 1.82) is 5.26 Å². The van der Waals surface area contributed by atoms with Gasteiger partial charge in [-0.25, -0.2) is 4.79 Å². The van der Waals surface area contributed by atoms with Gasteiger partial charge in [-0.3, -0.25) is 0 Å². The molecule has 0 aromatic carbocycles. The largest absolute Gasteiger partial charge is 1.00 e. The number of esters is 1. The molecule has 0 saturated carbocycles. The van der Waals surface area contributed by atoms with Crippen molar-refractivity contribution >= 4 is 31.2 Å². The first-order valence-corrected chi connectivity index (χ1v) is 3.72. The number of nitrogens with zero attached hydrogens (tertiary/aromatic N) is 1. The molecule has 0 aliphatic heterocycles. The van der Waals surface area contributed by atoms with Gasteiger partial charge in [-0.15, -0.1) is 25.3 Å². The quantitative estimate of drug-likeness (QED) is 0.166. The van der Waals surface area contributed by atoms with Crippen LogP contribution in [0.15, 0.2) is 9.81 Å². The van der Waals surface area contributed by atoms with E-state index >= 15 is 0 Å². The van der Waals surface area contributed by atoms with Crippen LogP contribution < -0.4 is 59.1 Å². The maximum atomic E-state index is 10.8. The predicted molar refractivity (Wildman–Crippen MR) is 47.2 cm³/mol. The van der Waals surface area contributed by atoms with Gasteiger partial charge in [0.05, 0.1) is 10.8 Å². The molecule has 0 aromatic rings. The Bertz CT molecular complexity index is 233. The number of thiol groups is 2. The number of nitriles is 1. The summed E-state index contributed by atoms with van der Waals surface area (Å²) in [5.41, 5.74) is -0.168.